The molecule has 0 aliphatic heterocycles. The lowest BCUT2D eigenvalue weighted by atomic mass is 10.4. The summed E-state index contributed by atoms with van der Waals surface area (Å²) in [4.78, 5) is 0. The van der Waals surface area contributed by atoms with E-state index in [1.807, 2.05) is 0 Å². The molecular weight excluding hydrogens is 219 g/mol. The number of unbranched alkanes of at least 4 members (excludes halogenated alkanes) is 3. The van der Waals surface area contributed by atoms with Gasteiger partial charge in [-0.15, -0.1) is 0 Å². The van der Waals surface area contributed by atoms with E-state index in [4.69, 9.17) is 11.4 Å². The Hall–Kier alpha value is 0.412. The Balaban J connectivity index is 0. The molecular formula is C12H29AlO3. The highest BCUT2D eigenvalue weighted by Crippen LogP contribution is 2.00. The topological polar surface area (TPSA) is 27.7 Å². The maximum Gasteiger partial charge on any atom is 0.905 e. The van der Waals surface area contributed by atoms with Crippen molar-refractivity contribution in [2.75, 3.05) is 19.8 Å². The highest BCUT2D eigenvalue weighted by atomic mass is 27.3. The normalized spacial score (nSPS) is 10.7. The lowest BCUT2D eigenvalue weighted by Gasteiger charge is -2.13. The molecule has 0 aromatic rings. The maximum absolute atomic E-state index is 5.67. The molecule has 0 aromatic carbocycles. The van der Waals surface area contributed by atoms with Gasteiger partial charge in [-0.05, 0) is 19.3 Å². The fraction of sp³-hybridized carbons (Fsp3) is 1.00. The molecule has 0 amide bonds. The van der Waals surface area contributed by atoms with Crippen molar-refractivity contribution in [3.05, 3.63) is 0 Å². The van der Waals surface area contributed by atoms with Gasteiger partial charge in [0.1, 0.15) is 0 Å². The van der Waals surface area contributed by atoms with Crippen molar-refractivity contribution in [2.45, 2.75) is 59.3 Å². The largest absolute Gasteiger partial charge is 0.905 e. The second kappa shape index (κ2) is 13.5. The maximum atomic E-state index is 5.67. The molecule has 0 spiro atoms. The van der Waals surface area contributed by atoms with Crippen LogP contribution in [0.3, 0.4) is 0 Å². The van der Waals surface area contributed by atoms with Crippen LogP contribution >= 0.6 is 0 Å². The first-order valence-electron chi connectivity index (χ1n) is 6.69. The Kier molecular flexibility index (Phi) is 13.8. The van der Waals surface area contributed by atoms with Crippen LogP contribution in [0.5, 0.6) is 0 Å². The Labute approximate surface area is 107 Å². The van der Waals surface area contributed by atoms with E-state index in [2.05, 4.69) is 20.8 Å². The fourth-order valence-electron chi connectivity index (χ4n) is 1.12. The summed E-state index contributed by atoms with van der Waals surface area (Å²) in [5, 5.41) is 0. The summed E-state index contributed by atoms with van der Waals surface area (Å²) in [6, 6.07) is 0. The van der Waals surface area contributed by atoms with Gasteiger partial charge < -0.3 is 11.4 Å². The quantitative estimate of drug-likeness (QED) is 0.389. The predicted molar refractivity (Wildman–Crippen MR) is 70.4 cm³/mol. The molecule has 0 aliphatic carbocycles. The minimum atomic E-state index is -1.83. The summed E-state index contributed by atoms with van der Waals surface area (Å²) in [5.74, 6) is 0. The summed E-state index contributed by atoms with van der Waals surface area (Å²) in [6.45, 7) is 8.84. The minimum absolute atomic E-state index is 0. The summed E-state index contributed by atoms with van der Waals surface area (Å²) in [5.41, 5.74) is 0. The Morgan fingerprint density at radius 1 is 0.688 bits per heavy atom. The van der Waals surface area contributed by atoms with Crippen molar-refractivity contribution in [2.24, 2.45) is 0 Å². The number of hydrogen-bond donors (Lipinski definition) is 0. The van der Waals surface area contributed by atoms with E-state index in [0.29, 0.717) is 0 Å². The second-order valence-electron chi connectivity index (χ2n) is 3.96. The predicted octanol–water partition coefficient (Wildman–Crippen LogP) is 3.67. The van der Waals surface area contributed by atoms with Crippen molar-refractivity contribution in [1.82, 2.24) is 0 Å². The van der Waals surface area contributed by atoms with Gasteiger partial charge in [0.05, 0.1) is 0 Å². The smallest absolute Gasteiger partial charge is 0.454 e. The van der Waals surface area contributed by atoms with Crippen LogP contribution in [-0.4, -0.2) is 35.0 Å². The van der Waals surface area contributed by atoms with Crippen molar-refractivity contribution in [3.8, 4) is 0 Å². The second-order valence-corrected chi connectivity index (χ2v) is 5.54. The van der Waals surface area contributed by atoms with Crippen LogP contribution in [0.25, 0.3) is 0 Å². The first kappa shape index (κ1) is 16.4. The van der Waals surface area contributed by atoms with Crippen molar-refractivity contribution < 1.29 is 12.8 Å². The van der Waals surface area contributed by atoms with Crippen LogP contribution < -0.4 is 0 Å². The van der Waals surface area contributed by atoms with E-state index >= 15 is 0 Å². The van der Waals surface area contributed by atoms with Gasteiger partial charge >= 0.3 is 15.1 Å². The molecule has 0 unspecified atom stereocenters. The Morgan fingerprint density at radius 2 is 1.00 bits per heavy atom. The molecule has 98 valence electrons. The van der Waals surface area contributed by atoms with Crippen molar-refractivity contribution >= 4 is 15.1 Å². The fourth-order valence-corrected chi connectivity index (χ4v) is 2.48. The van der Waals surface area contributed by atoms with Crippen LogP contribution in [0.2, 0.25) is 0 Å². The lowest BCUT2D eigenvalue weighted by molar-refractivity contribution is 0.0899. The van der Waals surface area contributed by atoms with Gasteiger partial charge in [-0.1, -0.05) is 40.0 Å². The third-order valence-corrected chi connectivity index (χ3v) is 3.78. The lowest BCUT2D eigenvalue weighted by Crippen LogP contribution is -2.28. The third-order valence-electron chi connectivity index (χ3n) is 2.26. The zero-order chi connectivity index (χ0) is 12.1. The van der Waals surface area contributed by atoms with Gasteiger partial charge in [0.15, 0.2) is 0 Å². The molecule has 3 nitrogen and oxygen atoms in total. The van der Waals surface area contributed by atoms with Gasteiger partial charge in [0.25, 0.3) is 0 Å². The molecule has 0 rings (SSSR count). The molecule has 0 saturated heterocycles. The van der Waals surface area contributed by atoms with E-state index in [1.165, 1.54) is 0 Å². The number of hydrogen-bond acceptors (Lipinski definition) is 3. The van der Waals surface area contributed by atoms with Crippen molar-refractivity contribution in [3.63, 3.8) is 0 Å². The van der Waals surface area contributed by atoms with Crippen LogP contribution in [0, 0.1) is 0 Å². The molecule has 0 aliphatic rings. The summed E-state index contributed by atoms with van der Waals surface area (Å²) >= 11 is -1.83. The molecule has 0 radical (unpaired) electrons. The van der Waals surface area contributed by atoms with E-state index in [-0.39, 0.29) is 1.43 Å². The SMILES string of the molecule is CCCC[O][Al]([O]CCCC)[O]CCCC.[HH]. The first-order chi connectivity index (χ1) is 7.85. The van der Waals surface area contributed by atoms with Crippen molar-refractivity contribution in [1.29, 1.82) is 0 Å². The zero-order valence-corrected chi connectivity index (χ0v) is 12.3. The molecule has 0 aromatic heterocycles. The molecule has 0 fully saturated rings. The van der Waals surface area contributed by atoms with Crippen LogP contribution in [0.15, 0.2) is 0 Å². The average Bonchev–Trinajstić information content (AvgIpc) is 2.29. The highest BCUT2D eigenvalue weighted by Gasteiger charge is 2.30. The van der Waals surface area contributed by atoms with Gasteiger partial charge in [0.2, 0.25) is 0 Å². The minimum Gasteiger partial charge on any atom is -0.454 e. The molecule has 0 N–H and O–H groups in total. The van der Waals surface area contributed by atoms with E-state index < -0.39 is 15.1 Å². The summed E-state index contributed by atoms with van der Waals surface area (Å²) in [6.07, 6.45) is 6.76. The van der Waals surface area contributed by atoms with Gasteiger partial charge in [-0.2, -0.15) is 0 Å². The number of rotatable bonds is 12. The van der Waals surface area contributed by atoms with Crippen LogP contribution in [0.1, 0.15) is 60.7 Å². The van der Waals surface area contributed by atoms with Crippen LogP contribution in [-0.2, 0) is 11.4 Å². The zero-order valence-electron chi connectivity index (χ0n) is 11.2. The Bertz CT molecular complexity index is 115. The molecule has 0 atom stereocenters. The highest BCUT2D eigenvalue weighted by molar-refractivity contribution is 6.36. The molecule has 0 bridgehead atoms. The molecule has 0 heterocycles. The molecule has 16 heavy (non-hydrogen) atoms. The average molecular weight is 248 g/mol. The summed E-state index contributed by atoms with van der Waals surface area (Å²) in [7, 11) is 0. The summed E-state index contributed by atoms with van der Waals surface area (Å²) < 4.78 is 17.0. The monoisotopic (exact) mass is 248 g/mol. The van der Waals surface area contributed by atoms with E-state index in [9.17, 15) is 0 Å². The van der Waals surface area contributed by atoms with Gasteiger partial charge in [-0.25, -0.2) is 0 Å². The van der Waals surface area contributed by atoms with Gasteiger partial charge in [0, 0.05) is 21.2 Å². The van der Waals surface area contributed by atoms with Gasteiger partial charge in [-0.3, -0.25) is 0 Å². The molecule has 0 saturated carbocycles. The van der Waals surface area contributed by atoms with E-state index in [1.54, 1.807) is 0 Å². The standard InChI is InChI=1S/3C4H9O.Al.H2/c3*1-2-3-4-5;;/h3*2-4H2,1H3;;1H/q3*-1;+3;. The Morgan fingerprint density at radius 3 is 1.25 bits per heavy atom. The van der Waals surface area contributed by atoms with E-state index in [0.717, 1.165) is 58.3 Å². The molecule has 4 heteroatoms. The first-order valence-corrected chi connectivity index (χ1v) is 8.11. The van der Waals surface area contributed by atoms with Crippen LogP contribution in [0.4, 0.5) is 0 Å². The third kappa shape index (κ3) is 10.9.